The highest BCUT2D eigenvalue weighted by molar-refractivity contribution is 6.23. The number of rotatable bonds is 3. The molecule has 226 valence electrons. The topological polar surface area (TPSA) is 70.6 Å². The Morgan fingerprint density at radius 3 is 1.63 bits per heavy atom. The van der Waals surface area contributed by atoms with Gasteiger partial charge >= 0.3 is 0 Å². The maximum Gasteiger partial charge on any atom is 0.145 e. The van der Waals surface area contributed by atoms with Crippen LogP contribution in [0.1, 0.15) is 11.1 Å². The average molecular weight is 625 g/mol. The van der Waals surface area contributed by atoms with Crippen LogP contribution in [0.2, 0.25) is 0 Å². The summed E-state index contributed by atoms with van der Waals surface area (Å²) in [5.41, 5.74) is 11.4. The molecular formula is C44H24N4O. The molecule has 0 spiro atoms. The summed E-state index contributed by atoms with van der Waals surface area (Å²) >= 11 is 0. The summed E-state index contributed by atoms with van der Waals surface area (Å²) in [4.78, 5) is 0. The van der Waals surface area contributed by atoms with E-state index in [9.17, 15) is 10.5 Å². The quantitative estimate of drug-likeness (QED) is 0.196. The molecule has 3 heterocycles. The first kappa shape index (κ1) is 27.1. The second-order valence-corrected chi connectivity index (χ2v) is 12.4. The summed E-state index contributed by atoms with van der Waals surface area (Å²) in [6, 6.07) is 54.4. The Labute approximate surface area is 280 Å². The van der Waals surface area contributed by atoms with Crippen LogP contribution in [0.4, 0.5) is 0 Å². The predicted octanol–water partition coefficient (Wildman–Crippen LogP) is 11.2. The van der Waals surface area contributed by atoms with Gasteiger partial charge in [-0.25, -0.2) is 0 Å². The van der Waals surface area contributed by atoms with Crippen molar-refractivity contribution in [3.05, 3.63) is 157 Å². The number of nitriles is 2. The lowest BCUT2D eigenvalue weighted by atomic mass is 10.0. The largest absolute Gasteiger partial charge is 0.455 e. The molecule has 10 aromatic rings. The van der Waals surface area contributed by atoms with Gasteiger partial charge in [-0.3, -0.25) is 0 Å². The minimum atomic E-state index is 0.589. The second-order valence-electron chi connectivity index (χ2n) is 12.4. The summed E-state index contributed by atoms with van der Waals surface area (Å²) in [5.74, 6) is 0. The average Bonchev–Trinajstić information content (AvgIpc) is 3.82. The third kappa shape index (κ3) is 3.91. The molecule has 7 aromatic carbocycles. The maximum atomic E-state index is 9.63. The molecule has 0 bridgehead atoms. The Balaban J connectivity index is 1.16. The Hall–Kier alpha value is -7.08. The minimum Gasteiger partial charge on any atom is -0.455 e. The summed E-state index contributed by atoms with van der Waals surface area (Å²) in [7, 11) is 0. The smallest absolute Gasteiger partial charge is 0.145 e. The molecule has 0 unspecified atom stereocenters. The Kier molecular flexibility index (Phi) is 5.64. The zero-order valence-corrected chi connectivity index (χ0v) is 26.1. The first-order valence-corrected chi connectivity index (χ1v) is 16.1. The van der Waals surface area contributed by atoms with Gasteiger partial charge in [-0.1, -0.05) is 60.7 Å². The third-order valence-electron chi connectivity index (χ3n) is 9.75. The molecule has 0 amide bonds. The van der Waals surface area contributed by atoms with Gasteiger partial charge in [0.25, 0.3) is 0 Å². The molecule has 0 saturated carbocycles. The highest BCUT2D eigenvalue weighted by atomic mass is 16.3. The van der Waals surface area contributed by atoms with E-state index < -0.39 is 0 Å². The van der Waals surface area contributed by atoms with Crippen molar-refractivity contribution in [2.24, 2.45) is 0 Å². The van der Waals surface area contributed by atoms with E-state index in [1.54, 1.807) is 0 Å². The molecule has 5 nitrogen and oxygen atoms in total. The number of hydrogen-bond donors (Lipinski definition) is 0. The molecule has 0 radical (unpaired) electrons. The maximum absolute atomic E-state index is 9.63. The normalized spacial score (nSPS) is 11.6. The number of fused-ring (bicyclic) bond motifs is 10. The molecule has 0 atom stereocenters. The lowest BCUT2D eigenvalue weighted by molar-refractivity contribution is 0.673. The molecule has 5 heteroatoms. The second kappa shape index (κ2) is 10.2. The summed E-state index contributed by atoms with van der Waals surface area (Å²) < 4.78 is 11.0. The Morgan fingerprint density at radius 2 is 0.980 bits per heavy atom. The molecule has 0 N–H and O–H groups in total. The predicted molar refractivity (Wildman–Crippen MR) is 197 cm³/mol. The van der Waals surface area contributed by atoms with Crippen molar-refractivity contribution in [3.63, 3.8) is 0 Å². The highest BCUT2D eigenvalue weighted by Gasteiger charge is 2.19. The molecule has 0 aliphatic carbocycles. The van der Waals surface area contributed by atoms with E-state index in [2.05, 4.69) is 118 Å². The lowest BCUT2D eigenvalue weighted by Gasteiger charge is -2.13. The number of benzene rings is 7. The van der Waals surface area contributed by atoms with Gasteiger partial charge in [-0.2, -0.15) is 10.5 Å². The van der Waals surface area contributed by atoms with Crippen LogP contribution in [-0.2, 0) is 0 Å². The first-order chi connectivity index (χ1) is 24.2. The van der Waals surface area contributed by atoms with E-state index in [0.29, 0.717) is 11.1 Å². The van der Waals surface area contributed by atoms with Gasteiger partial charge in [0.2, 0.25) is 0 Å². The number of nitrogens with zero attached hydrogens (tertiary/aromatic N) is 4. The Bertz CT molecular complexity index is 3010. The van der Waals surface area contributed by atoms with Crippen molar-refractivity contribution in [1.29, 1.82) is 10.5 Å². The minimum absolute atomic E-state index is 0.589. The van der Waals surface area contributed by atoms with E-state index in [1.807, 2.05) is 48.5 Å². The van der Waals surface area contributed by atoms with Crippen LogP contribution in [-0.4, -0.2) is 9.13 Å². The zero-order chi connectivity index (χ0) is 32.6. The SMILES string of the molecule is N#Cc1ccc2c(c1)c1cc(C#N)ccc1n2-c1cccc(-c2cccc(-n3c4ccccc4c4c5oc6ccccc6c5ccc43)c2)c1. The van der Waals surface area contributed by atoms with Crippen LogP contribution < -0.4 is 0 Å². The van der Waals surface area contributed by atoms with Crippen molar-refractivity contribution in [2.45, 2.75) is 0 Å². The molecule has 0 saturated heterocycles. The van der Waals surface area contributed by atoms with Crippen molar-refractivity contribution >= 4 is 65.6 Å². The van der Waals surface area contributed by atoms with Crippen LogP contribution >= 0.6 is 0 Å². The van der Waals surface area contributed by atoms with Crippen LogP contribution in [0.15, 0.2) is 150 Å². The summed E-state index contributed by atoms with van der Waals surface area (Å²) in [5, 5.41) is 25.7. The van der Waals surface area contributed by atoms with Crippen LogP contribution in [0.5, 0.6) is 0 Å². The molecular weight excluding hydrogens is 601 g/mol. The fourth-order valence-electron chi connectivity index (χ4n) is 7.60. The standard InChI is InChI=1S/C44H24N4O/c45-25-27-15-18-39-36(21-27)37-22-28(26-46)16-19-40(37)47(39)31-9-5-7-29(23-31)30-8-6-10-32(24-30)48-38-13-3-1-12-35(38)43-41(48)20-17-34-33-11-2-4-14-42(33)49-44(34)43/h1-24H. The molecule has 3 aromatic heterocycles. The number of hydrogen-bond acceptors (Lipinski definition) is 3. The summed E-state index contributed by atoms with van der Waals surface area (Å²) in [6.45, 7) is 0. The van der Waals surface area contributed by atoms with Crippen LogP contribution in [0.3, 0.4) is 0 Å². The Morgan fingerprint density at radius 1 is 0.429 bits per heavy atom. The van der Waals surface area contributed by atoms with Gasteiger partial charge in [0.05, 0.1) is 50.7 Å². The van der Waals surface area contributed by atoms with Crippen molar-refractivity contribution in [2.75, 3.05) is 0 Å². The molecule has 10 rings (SSSR count). The van der Waals surface area contributed by atoms with E-state index in [0.717, 1.165) is 88.1 Å². The monoisotopic (exact) mass is 624 g/mol. The van der Waals surface area contributed by atoms with Gasteiger partial charge in [-0.05, 0) is 96.1 Å². The highest BCUT2D eigenvalue weighted by Crippen LogP contribution is 2.41. The number of aromatic nitrogens is 2. The van der Waals surface area contributed by atoms with E-state index in [1.165, 1.54) is 0 Å². The van der Waals surface area contributed by atoms with E-state index in [-0.39, 0.29) is 0 Å². The molecule has 0 aliphatic heterocycles. The molecule has 49 heavy (non-hydrogen) atoms. The van der Waals surface area contributed by atoms with Crippen molar-refractivity contribution in [1.82, 2.24) is 9.13 Å². The third-order valence-corrected chi connectivity index (χ3v) is 9.75. The van der Waals surface area contributed by atoms with Crippen molar-refractivity contribution in [3.8, 4) is 34.6 Å². The van der Waals surface area contributed by atoms with Gasteiger partial charge in [0.15, 0.2) is 0 Å². The number of para-hydroxylation sites is 2. The summed E-state index contributed by atoms with van der Waals surface area (Å²) in [6.07, 6.45) is 0. The first-order valence-electron chi connectivity index (χ1n) is 16.1. The van der Waals surface area contributed by atoms with Gasteiger partial charge in [0.1, 0.15) is 11.2 Å². The van der Waals surface area contributed by atoms with Crippen molar-refractivity contribution < 1.29 is 4.42 Å². The lowest BCUT2D eigenvalue weighted by Crippen LogP contribution is -1.96. The molecule has 0 aliphatic rings. The van der Waals surface area contributed by atoms with Gasteiger partial charge in [0, 0.05) is 38.3 Å². The van der Waals surface area contributed by atoms with E-state index >= 15 is 0 Å². The fraction of sp³-hybridized carbons (Fsp3) is 0. The van der Waals surface area contributed by atoms with Gasteiger partial charge < -0.3 is 13.6 Å². The van der Waals surface area contributed by atoms with Crippen LogP contribution in [0, 0.1) is 22.7 Å². The molecule has 0 fully saturated rings. The zero-order valence-electron chi connectivity index (χ0n) is 26.1. The van der Waals surface area contributed by atoms with E-state index in [4.69, 9.17) is 4.42 Å². The van der Waals surface area contributed by atoms with Gasteiger partial charge in [-0.15, -0.1) is 0 Å². The van der Waals surface area contributed by atoms with Crippen LogP contribution in [0.25, 0.3) is 88.1 Å². The fourth-order valence-corrected chi connectivity index (χ4v) is 7.60. The number of furan rings is 1.